The molecule has 1 heterocycles. The van der Waals surface area contributed by atoms with Crippen LogP contribution < -0.4 is 15.2 Å². The molecule has 0 unspecified atom stereocenters. The van der Waals surface area contributed by atoms with Gasteiger partial charge in [-0.3, -0.25) is 4.79 Å². The number of benzene rings is 2. The maximum absolute atomic E-state index is 13.2. The van der Waals surface area contributed by atoms with Crippen LogP contribution in [0.5, 0.6) is 11.5 Å². The highest BCUT2D eigenvalue weighted by Gasteiger charge is 2.31. The summed E-state index contributed by atoms with van der Waals surface area (Å²) in [7, 11) is 3.13. The second-order valence-corrected chi connectivity index (χ2v) is 8.58. The van der Waals surface area contributed by atoms with E-state index in [-0.39, 0.29) is 22.1 Å². The van der Waals surface area contributed by atoms with Gasteiger partial charge in [0, 0.05) is 43.3 Å². The lowest BCUT2D eigenvalue weighted by molar-refractivity contribution is -0.274. The van der Waals surface area contributed by atoms with Crippen molar-refractivity contribution in [2.75, 3.05) is 31.4 Å². The van der Waals surface area contributed by atoms with E-state index >= 15 is 0 Å². The Morgan fingerprint density at radius 1 is 1.21 bits per heavy atom. The molecular formula is C23H23F3N2O4S2. The Hall–Kier alpha value is -2.76. The largest absolute Gasteiger partial charge is 0.573 e. The summed E-state index contributed by atoms with van der Waals surface area (Å²) in [5.74, 6) is -0.624. The second-order valence-electron chi connectivity index (χ2n) is 7.32. The van der Waals surface area contributed by atoms with Crippen LogP contribution in [-0.2, 0) is 11.8 Å². The predicted molar refractivity (Wildman–Crippen MR) is 131 cm³/mol. The fourth-order valence-corrected chi connectivity index (χ4v) is 4.33. The average Bonchev–Trinajstić information content (AvgIpc) is 2.80. The summed E-state index contributed by atoms with van der Waals surface area (Å²) in [5, 5.41) is 11.5. The Morgan fingerprint density at radius 3 is 2.47 bits per heavy atom. The number of fused-ring (bicyclic) bond motifs is 1. The van der Waals surface area contributed by atoms with Crippen molar-refractivity contribution in [2.45, 2.75) is 17.7 Å². The van der Waals surface area contributed by atoms with Crippen molar-refractivity contribution in [3.8, 4) is 11.5 Å². The Balaban J connectivity index is 2.08. The average molecular weight is 513 g/mol. The van der Waals surface area contributed by atoms with Crippen molar-refractivity contribution in [3.05, 3.63) is 58.4 Å². The molecule has 0 aliphatic carbocycles. The van der Waals surface area contributed by atoms with Crippen molar-refractivity contribution in [1.82, 2.24) is 4.57 Å². The predicted octanol–water partition coefficient (Wildman–Crippen LogP) is 5.08. The molecular weight excluding hydrogens is 489 g/mol. The van der Waals surface area contributed by atoms with Gasteiger partial charge >= 0.3 is 6.36 Å². The zero-order valence-corrected chi connectivity index (χ0v) is 20.3. The van der Waals surface area contributed by atoms with Gasteiger partial charge in [0.05, 0.1) is 5.52 Å². The summed E-state index contributed by atoms with van der Waals surface area (Å²) in [4.78, 5) is 15.7. The van der Waals surface area contributed by atoms with Crippen LogP contribution in [-0.4, -0.2) is 47.5 Å². The Morgan fingerprint density at radius 2 is 1.88 bits per heavy atom. The smallest absolute Gasteiger partial charge is 0.506 e. The fourth-order valence-electron chi connectivity index (χ4n) is 3.51. The van der Waals surface area contributed by atoms with Crippen LogP contribution in [0.4, 0.5) is 18.9 Å². The maximum Gasteiger partial charge on any atom is 0.573 e. The monoisotopic (exact) mass is 512 g/mol. The lowest BCUT2D eigenvalue weighted by Gasteiger charge is -2.26. The number of hydrogen-bond acceptors (Lipinski definition) is 6. The number of thiocarbonyl (C=S) groups is 1. The number of hydrogen-bond donors (Lipinski definition) is 1. The van der Waals surface area contributed by atoms with Gasteiger partial charge in [0.15, 0.2) is 0 Å². The van der Waals surface area contributed by atoms with E-state index in [1.165, 1.54) is 28.5 Å². The number of aromatic nitrogens is 1. The van der Waals surface area contributed by atoms with Gasteiger partial charge in [0.25, 0.3) is 5.56 Å². The lowest BCUT2D eigenvalue weighted by atomic mass is 10.1. The number of aromatic hydroxyl groups is 1. The minimum Gasteiger partial charge on any atom is -0.506 e. The van der Waals surface area contributed by atoms with E-state index in [1.54, 1.807) is 31.2 Å². The number of rotatable bonds is 8. The standard InChI is InChI=1S/C23H23F3N2O4S2/c1-27-18-10-9-16(34-3)13-17(18)20(29)19(21(27)30)22(33)28(11-4-12-31-2)14-5-7-15(8-6-14)32-23(24,25)26/h5-10,13,29H,4,11-12H2,1-3H3. The zero-order chi connectivity index (χ0) is 25.0. The van der Waals surface area contributed by atoms with E-state index in [0.717, 1.165) is 17.0 Å². The maximum atomic E-state index is 13.2. The van der Waals surface area contributed by atoms with Crippen LogP contribution in [0.15, 0.2) is 52.2 Å². The summed E-state index contributed by atoms with van der Waals surface area (Å²) in [5.41, 5.74) is 0.443. The lowest BCUT2D eigenvalue weighted by Crippen LogP contribution is -2.37. The summed E-state index contributed by atoms with van der Waals surface area (Å²) in [6.45, 7) is 0.699. The molecule has 0 saturated carbocycles. The van der Waals surface area contributed by atoms with E-state index in [4.69, 9.17) is 17.0 Å². The Kier molecular flexibility index (Phi) is 8.11. The summed E-state index contributed by atoms with van der Waals surface area (Å²) < 4.78 is 48.0. The first-order valence-electron chi connectivity index (χ1n) is 10.1. The van der Waals surface area contributed by atoms with E-state index in [1.807, 2.05) is 12.3 Å². The number of thioether (sulfide) groups is 1. The number of nitrogens with zero attached hydrogens (tertiary/aromatic N) is 2. The van der Waals surface area contributed by atoms with Crippen LogP contribution in [0.3, 0.4) is 0 Å². The van der Waals surface area contributed by atoms with Crippen LogP contribution in [0.2, 0.25) is 0 Å². The number of alkyl halides is 3. The molecule has 1 N–H and O–H groups in total. The van der Waals surface area contributed by atoms with Gasteiger partial charge < -0.3 is 24.0 Å². The molecule has 3 aromatic rings. The third-order valence-corrected chi connectivity index (χ3v) is 6.30. The van der Waals surface area contributed by atoms with Gasteiger partial charge in [-0.25, -0.2) is 0 Å². The highest BCUT2D eigenvalue weighted by molar-refractivity contribution is 7.98. The van der Waals surface area contributed by atoms with E-state index in [9.17, 15) is 23.1 Å². The number of pyridine rings is 1. The summed E-state index contributed by atoms with van der Waals surface area (Å²) >= 11 is 7.14. The van der Waals surface area contributed by atoms with E-state index in [2.05, 4.69) is 4.74 Å². The molecule has 0 atom stereocenters. The quantitative estimate of drug-likeness (QED) is 0.256. The summed E-state index contributed by atoms with van der Waals surface area (Å²) in [6.07, 6.45) is -2.40. The van der Waals surface area contributed by atoms with Gasteiger partial charge in [0.2, 0.25) is 0 Å². The number of halogens is 3. The highest BCUT2D eigenvalue weighted by Crippen LogP contribution is 2.32. The topological polar surface area (TPSA) is 63.9 Å². The Bertz CT molecular complexity index is 1240. The molecule has 34 heavy (non-hydrogen) atoms. The third kappa shape index (κ3) is 5.65. The molecule has 0 fully saturated rings. The van der Waals surface area contributed by atoms with Crippen molar-refractivity contribution < 1.29 is 27.8 Å². The zero-order valence-electron chi connectivity index (χ0n) is 18.7. The molecule has 11 heteroatoms. The van der Waals surface area contributed by atoms with Gasteiger partial charge in [-0.15, -0.1) is 24.9 Å². The van der Waals surface area contributed by atoms with Crippen molar-refractivity contribution in [1.29, 1.82) is 0 Å². The van der Waals surface area contributed by atoms with Gasteiger partial charge in [-0.1, -0.05) is 12.2 Å². The van der Waals surface area contributed by atoms with Crippen molar-refractivity contribution in [3.63, 3.8) is 0 Å². The molecule has 6 nitrogen and oxygen atoms in total. The Labute approximate surface area is 203 Å². The molecule has 0 bridgehead atoms. The molecule has 0 amide bonds. The minimum atomic E-state index is -4.81. The second kappa shape index (κ2) is 10.7. The van der Waals surface area contributed by atoms with Crippen molar-refractivity contribution >= 4 is 45.6 Å². The molecule has 0 aliphatic rings. The van der Waals surface area contributed by atoms with Crippen LogP contribution in [0.25, 0.3) is 10.9 Å². The first-order valence-corrected chi connectivity index (χ1v) is 11.8. The fraction of sp³-hybridized carbons (Fsp3) is 0.304. The molecule has 0 saturated heterocycles. The number of ether oxygens (including phenoxy) is 2. The van der Waals surface area contributed by atoms with Gasteiger partial charge in [-0.05, 0) is 55.1 Å². The van der Waals surface area contributed by atoms with Crippen LogP contribution in [0, 0.1) is 0 Å². The number of anilines is 1. The van der Waals surface area contributed by atoms with Crippen molar-refractivity contribution in [2.24, 2.45) is 7.05 Å². The van der Waals surface area contributed by atoms with Crippen LogP contribution >= 0.6 is 24.0 Å². The normalized spacial score (nSPS) is 11.6. The molecule has 1 aromatic heterocycles. The molecule has 0 spiro atoms. The molecule has 0 radical (unpaired) electrons. The van der Waals surface area contributed by atoms with E-state index < -0.39 is 11.9 Å². The van der Waals surface area contributed by atoms with E-state index in [0.29, 0.717) is 36.2 Å². The first kappa shape index (κ1) is 25.9. The molecule has 2 aromatic carbocycles. The van der Waals surface area contributed by atoms with Crippen LogP contribution in [0.1, 0.15) is 12.0 Å². The molecule has 182 valence electrons. The summed E-state index contributed by atoms with van der Waals surface area (Å²) in [6, 6.07) is 10.5. The first-order chi connectivity index (χ1) is 16.1. The minimum absolute atomic E-state index is 0.0511. The van der Waals surface area contributed by atoms with Gasteiger partial charge in [0.1, 0.15) is 22.1 Å². The number of methoxy groups -OCH3 is 1. The molecule has 3 rings (SSSR count). The highest BCUT2D eigenvalue weighted by atomic mass is 32.2. The van der Waals surface area contributed by atoms with Gasteiger partial charge in [-0.2, -0.15) is 0 Å². The molecule has 0 aliphatic heterocycles. The third-order valence-electron chi connectivity index (χ3n) is 5.15. The number of aryl methyl sites for hydroxylation is 1. The SMILES string of the molecule is COCCCN(C(=S)c1c(O)c2cc(SC)ccc2n(C)c1=O)c1ccc(OC(F)(F)F)cc1.